The molecule has 5 nitrogen and oxygen atoms in total. The molecule has 1 aromatic carbocycles. The lowest BCUT2D eigenvalue weighted by molar-refractivity contribution is 0.0951. The highest BCUT2D eigenvalue weighted by Crippen LogP contribution is 2.32. The number of rotatable bonds is 6. The van der Waals surface area contributed by atoms with Crippen LogP contribution >= 0.6 is 0 Å². The van der Waals surface area contributed by atoms with Gasteiger partial charge < -0.3 is 10.4 Å². The molecule has 0 spiro atoms. The molecule has 5 heteroatoms. The highest BCUT2D eigenvalue weighted by atomic mass is 16.5. The Morgan fingerprint density at radius 2 is 1.96 bits per heavy atom. The van der Waals surface area contributed by atoms with Crippen molar-refractivity contribution in [3.05, 3.63) is 23.3 Å². The number of carbonyl (C=O) groups excluding carboxylic acids is 1. The van der Waals surface area contributed by atoms with Crippen molar-refractivity contribution in [3.63, 3.8) is 0 Å². The first-order valence-electron chi connectivity index (χ1n) is 8.40. The van der Waals surface area contributed by atoms with Gasteiger partial charge in [0.05, 0.1) is 5.56 Å². The van der Waals surface area contributed by atoms with E-state index in [-0.39, 0.29) is 34.9 Å². The number of hydrogen-bond donors (Lipinski definition) is 3. The third-order valence-corrected chi connectivity index (χ3v) is 3.88. The van der Waals surface area contributed by atoms with Crippen LogP contribution in [0.15, 0.2) is 12.1 Å². The predicted octanol–water partition coefficient (Wildman–Crippen LogP) is 3.54. The summed E-state index contributed by atoms with van der Waals surface area (Å²) in [5, 5.41) is 24.0. The number of carbonyl (C=O) groups is 1. The first-order chi connectivity index (χ1) is 11.3. The molecular formula is C19H28N2O3. The molecular weight excluding hydrogens is 304 g/mol. The summed E-state index contributed by atoms with van der Waals surface area (Å²) in [5.74, 6) is 5.61. The first kappa shape index (κ1) is 19.9. The summed E-state index contributed by atoms with van der Waals surface area (Å²) in [6, 6.07) is 3.15. The van der Waals surface area contributed by atoms with Crippen LogP contribution in [0.5, 0.6) is 5.75 Å². The van der Waals surface area contributed by atoms with Gasteiger partial charge in [-0.25, -0.2) is 0 Å². The summed E-state index contributed by atoms with van der Waals surface area (Å²) in [4.78, 5) is 12.3. The molecule has 0 aliphatic rings. The van der Waals surface area contributed by atoms with Crippen LogP contribution < -0.4 is 10.4 Å². The molecule has 0 bridgehead atoms. The van der Waals surface area contributed by atoms with E-state index in [0.29, 0.717) is 12.1 Å². The number of phenolic OH excluding ortho intramolecular Hbond substituents is 1. The Labute approximate surface area is 144 Å². The number of nitrogens with one attached hydrogen (secondary N) is 1. The van der Waals surface area contributed by atoms with Crippen LogP contribution in [0.3, 0.4) is 0 Å². The zero-order valence-electron chi connectivity index (χ0n) is 15.2. The second kappa shape index (κ2) is 8.60. The van der Waals surface area contributed by atoms with Crippen molar-refractivity contribution in [3.8, 4) is 17.6 Å². The van der Waals surface area contributed by atoms with Gasteiger partial charge in [-0.15, -0.1) is 0 Å². The fraction of sp³-hybridized carbons (Fsp3) is 0.526. The number of anilines is 1. The van der Waals surface area contributed by atoms with Gasteiger partial charge in [-0.1, -0.05) is 25.7 Å². The highest BCUT2D eigenvalue weighted by Gasteiger charge is 2.19. The number of aromatic hydroxyl groups is 1. The Morgan fingerprint density at radius 1 is 1.29 bits per heavy atom. The maximum atomic E-state index is 12.3. The summed E-state index contributed by atoms with van der Waals surface area (Å²) in [6.07, 6.45) is 1.69. The van der Waals surface area contributed by atoms with Crippen molar-refractivity contribution in [2.24, 2.45) is 5.41 Å². The van der Waals surface area contributed by atoms with Gasteiger partial charge in [0.2, 0.25) is 0 Å². The monoisotopic (exact) mass is 332 g/mol. The average Bonchev–Trinajstić information content (AvgIpc) is 2.57. The van der Waals surface area contributed by atoms with Crippen LogP contribution in [0.1, 0.15) is 63.4 Å². The molecule has 1 aromatic rings. The van der Waals surface area contributed by atoms with E-state index < -0.39 is 0 Å². The summed E-state index contributed by atoms with van der Waals surface area (Å²) in [7, 11) is 0. The number of phenols is 1. The van der Waals surface area contributed by atoms with Gasteiger partial charge in [-0.05, 0) is 45.7 Å². The van der Waals surface area contributed by atoms with Gasteiger partial charge >= 0.3 is 0 Å². The molecule has 0 heterocycles. The lowest BCUT2D eigenvalue weighted by Crippen LogP contribution is -2.25. The molecule has 0 radical (unpaired) electrons. The molecule has 1 amide bonds. The number of benzene rings is 1. The predicted molar refractivity (Wildman–Crippen MR) is 96.5 cm³/mol. The normalized spacial score (nSPS) is 10.8. The standard InChI is InChI=1S/C19H28N2O3/c1-6-11-20-18(23)15-12-14(9-10-19(4,5)7-2)13-16(17(15)22)21(24)8-3/h12-13,22,24H,6-8,11H2,1-5H3,(H,20,23). The van der Waals surface area contributed by atoms with E-state index in [2.05, 4.69) is 24.1 Å². The van der Waals surface area contributed by atoms with Crippen LogP contribution in [0.2, 0.25) is 0 Å². The van der Waals surface area contributed by atoms with Crippen molar-refractivity contribution in [2.45, 2.75) is 47.5 Å². The average molecular weight is 332 g/mol. The molecule has 132 valence electrons. The van der Waals surface area contributed by atoms with Gasteiger partial charge in [0.25, 0.3) is 5.91 Å². The molecule has 0 aliphatic heterocycles. The number of amides is 1. The molecule has 0 aliphatic carbocycles. The summed E-state index contributed by atoms with van der Waals surface area (Å²) in [6.45, 7) is 10.6. The van der Waals surface area contributed by atoms with E-state index in [0.717, 1.165) is 17.9 Å². The number of hydrogen-bond acceptors (Lipinski definition) is 4. The Hall–Kier alpha value is -2.19. The fourth-order valence-corrected chi connectivity index (χ4v) is 1.90. The zero-order valence-corrected chi connectivity index (χ0v) is 15.2. The fourth-order valence-electron chi connectivity index (χ4n) is 1.90. The van der Waals surface area contributed by atoms with Crippen molar-refractivity contribution in [1.82, 2.24) is 5.32 Å². The molecule has 1 rings (SSSR count). The van der Waals surface area contributed by atoms with E-state index in [4.69, 9.17) is 0 Å². The van der Waals surface area contributed by atoms with Crippen LogP contribution in [0, 0.1) is 17.3 Å². The third-order valence-electron chi connectivity index (χ3n) is 3.88. The van der Waals surface area contributed by atoms with Gasteiger partial charge in [0.15, 0.2) is 5.75 Å². The van der Waals surface area contributed by atoms with E-state index in [1.54, 1.807) is 19.1 Å². The molecule has 0 fully saturated rings. The molecule has 0 unspecified atom stereocenters. The van der Waals surface area contributed by atoms with E-state index in [1.165, 1.54) is 0 Å². The maximum Gasteiger partial charge on any atom is 0.255 e. The largest absolute Gasteiger partial charge is 0.505 e. The minimum Gasteiger partial charge on any atom is -0.505 e. The molecule has 0 atom stereocenters. The maximum absolute atomic E-state index is 12.3. The molecule has 3 N–H and O–H groups in total. The van der Waals surface area contributed by atoms with Crippen LogP contribution in [-0.2, 0) is 0 Å². The van der Waals surface area contributed by atoms with E-state index >= 15 is 0 Å². The Bertz CT molecular complexity index is 642. The smallest absolute Gasteiger partial charge is 0.255 e. The van der Waals surface area contributed by atoms with Crippen molar-refractivity contribution in [2.75, 3.05) is 18.2 Å². The number of nitrogens with zero attached hydrogens (tertiary/aromatic N) is 1. The number of hydroxylamine groups is 1. The lowest BCUT2D eigenvalue weighted by Gasteiger charge is -2.18. The van der Waals surface area contributed by atoms with E-state index in [1.807, 2.05) is 20.8 Å². The van der Waals surface area contributed by atoms with Crippen LogP contribution in [-0.4, -0.2) is 29.3 Å². The summed E-state index contributed by atoms with van der Waals surface area (Å²) < 4.78 is 0. The van der Waals surface area contributed by atoms with Crippen molar-refractivity contribution >= 4 is 11.6 Å². The van der Waals surface area contributed by atoms with Gasteiger partial charge in [0, 0.05) is 24.1 Å². The third kappa shape index (κ3) is 5.17. The van der Waals surface area contributed by atoms with Crippen LogP contribution in [0.4, 0.5) is 5.69 Å². The Morgan fingerprint density at radius 3 is 2.50 bits per heavy atom. The minimum absolute atomic E-state index is 0.118. The molecule has 0 aromatic heterocycles. The van der Waals surface area contributed by atoms with Gasteiger partial charge in [-0.3, -0.25) is 15.1 Å². The molecule has 24 heavy (non-hydrogen) atoms. The first-order valence-corrected chi connectivity index (χ1v) is 8.40. The molecule has 0 saturated heterocycles. The second-order valence-corrected chi connectivity index (χ2v) is 6.35. The minimum atomic E-state index is -0.376. The quantitative estimate of drug-likeness (QED) is 0.550. The summed E-state index contributed by atoms with van der Waals surface area (Å²) in [5.41, 5.74) is 0.734. The van der Waals surface area contributed by atoms with Crippen molar-refractivity contribution in [1.29, 1.82) is 0 Å². The van der Waals surface area contributed by atoms with Gasteiger partial charge in [0.1, 0.15) is 5.69 Å². The van der Waals surface area contributed by atoms with Gasteiger partial charge in [-0.2, -0.15) is 0 Å². The van der Waals surface area contributed by atoms with Crippen LogP contribution in [0.25, 0.3) is 0 Å². The zero-order chi connectivity index (χ0) is 18.3. The second-order valence-electron chi connectivity index (χ2n) is 6.35. The topological polar surface area (TPSA) is 72.8 Å². The van der Waals surface area contributed by atoms with Crippen molar-refractivity contribution < 1.29 is 15.1 Å². The van der Waals surface area contributed by atoms with E-state index in [9.17, 15) is 15.1 Å². The summed E-state index contributed by atoms with van der Waals surface area (Å²) >= 11 is 0. The SMILES string of the molecule is CCCNC(=O)c1cc(C#CC(C)(C)CC)cc(N(O)CC)c1O. The lowest BCUT2D eigenvalue weighted by atomic mass is 9.91. The Kier molecular flexibility index (Phi) is 7.12. The highest BCUT2D eigenvalue weighted by molar-refractivity contribution is 5.99. The molecule has 0 saturated carbocycles. The Balaban J connectivity index is 3.37.